The summed E-state index contributed by atoms with van der Waals surface area (Å²) in [5, 5.41) is 5.09. The quantitative estimate of drug-likeness (QED) is 0.578. The van der Waals surface area contributed by atoms with Gasteiger partial charge in [0.2, 0.25) is 0 Å². The van der Waals surface area contributed by atoms with Crippen LogP contribution in [0.2, 0.25) is 0 Å². The monoisotopic (exact) mass is 159 g/mol. The first-order valence-electron chi connectivity index (χ1n) is 2.39. The van der Waals surface area contributed by atoms with Crippen LogP contribution in [0.5, 0.6) is 0 Å². The predicted octanol–water partition coefficient (Wildman–Crippen LogP) is 1.40. The average molecular weight is 159 g/mol. The van der Waals surface area contributed by atoms with Gasteiger partial charge in [0.05, 0.1) is 5.00 Å². The van der Waals surface area contributed by atoms with Crippen LogP contribution in [-0.4, -0.2) is 6.03 Å². The van der Waals surface area contributed by atoms with Gasteiger partial charge in [-0.15, -0.1) is 11.3 Å². The molecule has 1 aromatic heterocycles. The number of hydrogen-bond acceptors (Lipinski definition) is 3. The Bertz CT molecular complexity index is 197. The summed E-state index contributed by atoms with van der Waals surface area (Å²) in [6.45, 7) is 0. The molecule has 1 rings (SSSR count). The van der Waals surface area contributed by atoms with Crippen molar-refractivity contribution in [2.24, 2.45) is 5.73 Å². The number of anilines is 1. The van der Waals surface area contributed by atoms with Crippen LogP contribution in [0.4, 0.5) is 9.80 Å². The molecule has 0 saturated heterocycles. The third-order valence-corrected chi connectivity index (χ3v) is 1.55. The SMILES string of the molecule is N.NC(=O)Nc1cccs1. The molecule has 6 N–H and O–H groups in total. The van der Waals surface area contributed by atoms with Crippen LogP contribution in [0.3, 0.4) is 0 Å². The van der Waals surface area contributed by atoms with Crippen molar-refractivity contribution in [1.82, 2.24) is 6.15 Å². The van der Waals surface area contributed by atoms with Gasteiger partial charge in [-0.25, -0.2) is 4.79 Å². The molecule has 0 fully saturated rings. The molecule has 5 heteroatoms. The minimum absolute atomic E-state index is 0. The fourth-order valence-corrected chi connectivity index (χ4v) is 1.09. The Kier molecular flexibility index (Phi) is 3.45. The number of nitrogens with one attached hydrogen (secondary N) is 1. The zero-order valence-electron chi connectivity index (χ0n) is 5.33. The van der Waals surface area contributed by atoms with Crippen molar-refractivity contribution in [3.05, 3.63) is 17.5 Å². The number of carbonyl (C=O) groups is 1. The van der Waals surface area contributed by atoms with Gasteiger partial charge in [0.15, 0.2) is 0 Å². The van der Waals surface area contributed by atoms with E-state index in [0.717, 1.165) is 5.00 Å². The summed E-state index contributed by atoms with van der Waals surface area (Å²) in [6.07, 6.45) is 0. The molecular weight excluding hydrogens is 150 g/mol. The molecule has 4 nitrogen and oxygen atoms in total. The van der Waals surface area contributed by atoms with E-state index in [1.54, 1.807) is 6.07 Å². The van der Waals surface area contributed by atoms with E-state index >= 15 is 0 Å². The summed E-state index contributed by atoms with van der Waals surface area (Å²) in [6, 6.07) is 3.11. The molecule has 2 amide bonds. The summed E-state index contributed by atoms with van der Waals surface area (Å²) < 4.78 is 0. The molecule has 56 valence electrons. The number of amides is 2. The third kappa shape index (κ3) is 2.47. The number of primary amides is 1. The minimum atomic E-state index is -0.516. The van der Waals surface area contributed by atoms with E-state index in [-0.39, 0.29) is 6.15 Å². The molecule has 0 spiro atoms. The lowest BCUT2D eigenvalue weighted by atomic mass is 10.6. The lowest BCUT2D eigenvalue weighted by Crippen LogP contribution is -2.18. The Morgan fingerprint density at radius 2 is 2.40 bits per heavy atom. The summed E-state index contributed by atoms with van der Waals surface area (Å²) in [5.74, 6) is 0. The van der Waals surface area contributed by atoms with Gasteiger partial charge in [0, 0.05) is 0 Å². The fraction of sp³-hybridized carbons (Fsp3) is 0. The van der Waals surface area contributed by atoms with Crippen LogP contribution in [0.15, 0.2) is 17.5 Å². The van der Waals surface area contributed by atoms with E-state index in [1.165, 1.54) is 11.3 Å². The molecule has 0 radical (unpaired) electrons. The van der Waals surface area contributed by atoms with E-state index in [9.17, 15) is 4.79 Å². The van der Waals surface area contributed by atoms with Gasteiger partial charge in [-0.2, -0.15) is 0 Å². The van der Waals surface area contributed by atoms with Crippen LogP contribution < -0.4 is 17.2 Å². The van der Waals surface area contributed by atoms with E-state index in [4.69, 9.17) is 5.73 Å². The number of carbonyl (C=O) groups excluding carboxylic acids is 1. The first kappa shape index (κ1) is 8.93. The van der Waals surface area contributed by atoms with Gasteiger partial charge >= 0.3 is 6.03 Å². The third-order valence-electron chi connectivity index (χ3n) is 0.768. The van der Waals surface area contributed by atoms with E-state index < -0.39 is 6.03 Å². The number of hydrogen-bond donors (Lipinski definition) is 3. The van der Waals surface area contributed by atoms with Gasteiger partial charge in [-0.05, 0) is 17.5 Å². The molecule has 0 saturated carbocycles. The molecule has 0 atom stereocenters. The molecule has 0 aromatic carbocycles. The highest BCUT2D eigenvalue weighted by molar-refractivity contribution is 7.14. The molecule has 0 aliphatic carbocycles. The second kappa shape index (κ2) is 3.86. The summed E-state index contributed by atoms with van der Waals surface area (Å²) in [4.78, 5) is 10.2. The van der Waals surface area contributed by atoms with Gasteiger partial charge < -0.3 is 11.9 Å². The van der Waals surface area contributed by atoms with Crippen molar-refractivity contribution < 1.29 is 4.79 Å². The van der Waals surface area contributed by atoms with Crippen LogP contribution >= 0.6 is 11.3 Å². The average Bonchev–Trinajstić information content (AvgIpc) is 2.15. The van der Waals surface area contributed by atoms with Crippen LogP contribution in [-0.2, 0) is 0 Å². The highest BCUT2D eigenvalue weighted by atomic mass is 32.1. The van der Waals surface area contributed by atoms with Crippen molar-refractivity contribution in [2.75, 3.05) is 5.32 Å². The largest absolute Gasteiger partial charge is 0.351 e. The van der Waals surface area contributed by atoms with Crippen LogP contribution in [0, 0.1) is 0 Å². The van der Waals surface area contributed by atoms with Crippen molar-refractivity contribution in [1.29, 1.82) is 0 Å². The Hall–Kier alpha value is -1.07. The second-order valence-corrected chi connectivity index (χ2v) is 2.41. The second-order valence-electron chi connectivity index (χ2n) is 1.47. The van der Waals surface area contributed by atoms with E-state index in [0.29, 0.717) is 0 Å². The normalized spacial score (nSPS) is 8.00. The highest BCUT2D eigenvalue weighted by Gasteiger charge is 1.92. The first-order valence-corrected chi connectivity index (χ1v) is 3.27. The van der Waals surface area contributed by atoms with Crippen molar-refractivity contribution >= 4 is 22.4 Å². The number of rotatable bonds is 1. The standard InChI is InChI=1S/C5H6N2OS.H3N/c6-5(8)7-4-2-1-3-9-4;/h1-3H,(H3,6,7,8);1H3. The van der Waals surface area contributed by atoms with Crippen molar-refractivity contribution in [3.8, 4) is 0 Å². The molecule has 0 aliphatic rings. The lowest BCUT2D eigenvalue weighted by Gasteiger charge is -1.92. The predicted molar refractivity (Wildman–Crippen MR) is 42.5 cm³/mol. The van der Waals surface area contributed by atoms with E-state index in [2.05, 4.69) is 5.32 Å². The zero-order valence-corrected chi connectivity index (χ0v) is 6.15. The minimum Gasteiger partial charge on any atom is -0.351 e. The summed E-state index contributed by atoms with van der Waals surface area (Å²) in [5.41, 5.74) is 4.84. The number of nitrogens with two attached hydrogens (primary N) is 1. The Morgan fingerprint density at radius 3 is 2.80 bits per heavy atom. The number of thiophene rings is 1. The maximum absolute atomic E-state index is 10.2. The maximum Gasteiger partial charge on any atom is 0.317 e. The van der Waals surface area contributed by atoms with E-state index in [1.807, 2.05) is 11.4 Å². The molecule has 0 aliphatic heterocycles. The molecule has 1 aromatic rings. The highest BCUT2D eigenvalue weighted by Crippen LogP contribution is 2.13. The Labute approximate surface area is 62.6 Å². The summed E-state index contributed by atoms with van der Waals surface area (Å²) in [7, 11) is 0. The van der Waals surface area contributed by atoms with Gasteiger partial charge in [-0.3, -0.25) is 5.32 Å². The molecular formula is C5H9N3OS. The fourth-order valence-electron chi connectivity index (χ4n) is 0.471. The van der Waals surface area contributed by atoms with Crippen molar-refractivity contribution in [3.63, 3.8) is 0 Å². The maximum atomic E-state index is 10.2. The van der Waals surface area contributed by atoms with Gasteiger partial charge in [0.25, 0.3) is 0 Å². The number of urea groups is 1. The lowest BCUT2D eigenvalue weighted by molar-refractivity contribution is 0.259. The Morgan fingerprint density at radius 1 is 1.70 bits per heavy atom. The molecule has 1 heterocycles. The zero-order chi connectivity index (χ0) is 6.69. The van der Waals surface area contributed by atoms with Gasteiger partial charge in [-0.1, -0.05) is 0 Å². The Balaban J connectivity index is 0.000000810. The van der Waals surface area contributed by atoms with Gasteiger partial charge in [0.1, 0.15) is 0 Å². The van der Waals surface area contributed by atoms with Crippen molar-refractivity contribution in [2.45, 2.75) is 0 Å². The summed E-state index contributed by atoms with van der Waals surface area (Å²) >= 11 is 1.44. The van der Waals surface area contributed by atoms with Crippen LogP contribution in [0.25, 0.3) is 0 Å². The first-order chi connectivity index (χ1) is 4.29. The molecule has 0 unspecified atom stereocenters. The topological polar surface area (TPSA) is 90.1 Å². The molecule has 0 bridgehead atoms. The van der Waals surface area contributed by atoms with Crippen LogP contribution in [0.1, 0.15) is 0 Å². The molecule has 10 heavy (non-hydrogen) atoms. The smallest absolute Gasteiger partial charge is 0.317 e.